The summed E-state index contributed by atoms with van der Waals surface area (Å²) in [5.74, 6) is 1.30. The molecule has 0 aliphatic carbocycles. The van der Waals surface area contributed by atoms with Gasteiger partial charge in [-0.1, -0.05) is 0 Å². The highest BCUT2D eigenvalue weighted by atomic mass is 35.5. The van der Waals surface area contributed by atoms with Crippen LogP contribution in [0.1, 0.15) is 43.5 Å². The molecule has 0 saturated carbocycles. The van der Waals surface area contributed by atoms with Gasteiger partial charge in [-0.2, -0.15) is 0 Å². The minimum absolute atomic E-state index is 0. The van der Waals surface area contributed by atoms with Crippen molar-refractivity contribution in [2.75, 3.05) is 40.5 Å². The predicted molar refractivity (Wildman–Crippen MR) is 109 cm³/mol. The molecular weight excluding hydrogens is 368 g/mol. The minimum atomic E-state index is 0. The first-order valence-electron chi connectivity index (χ1n) is 9.41. The summed E-state index contributed by atoms with van der Waals surface area (Å²) in [5.41, 5.74) is 0.602. The Bertz CT molecular complexity index is 577. The number of carbonyl (C=O) groups excluding carboxylic acids is 1. The number of amides is 1. The number of hydrogen-bond acceptors (Lipinski definition) is 5. The molecule has 27 heavy (non-hydrogen) atoms. The molecule has 6 nitrogen and oxygen atoms in total. The average Bonchev–Trinajstić information content (AvgIpc) is 2.65. The van der Waals surface area contributed by atoms with Crippen LogP contribution in [-0.4, -0.2) is 63.4 Å². The van der Waals surface area contributed by atoms with Crippen LogP contribution in [0.4, 0.5) is 0 Å². The summed E-state index contributed by atoms with van der Waals surface area (Å²) in [6.07, 6.45) is 2.91. The van der Waals surface area contributed by atoms with Gasteiger partial charge in [0.1, 0.15) is 11.5 Å². The van der Waals surface area contributed by atoms with Gasteiger partial charge >= 0.3 is 0 Å². The largest absolute Gasteiger partial charge is 0.497 e. The number of piperidine rings is 1. The maximum absolute atomic E-state index is 13.2. The van der Waals surface area contributed by atoms with Gasteiger partial charge in [0.05, 0.1) is 13.7 Å². The highest BCUT2D eigenvalue weighted by molar-refractivity contribution is 5.95. The first kappa shape index (κ1) is 23.5. The van der Waals surface area contributed by atoms with Crippen molar-refractivity contribution in [2.24, 2.45) is 0 Å². The van der Waals surface area contributed by atoms with Crippen molar-refractivity contribution in [3.63, 3.8) is 0 Å². The molecule has 0 unspecified atom stereocenters. The summed E-state index contributed by atoms with van der Waals surface area (Å²) >= 11 is 0. The smallest absolute Gasteiger partial charge is 0.254 e. The number of ether oxygens (including phenoxy) is 3. The van der Waals surface area contributed by atoms with E-state index in [1.54, 1.807) is 20.3 Å². The van der Waals surface area contributed by atoms with Crippen molar-refractivity contribution in [3.05, 3.63) is 23.8 Å². The second kappa shape index (κ2) is 12.1. The molecule has 0 spiro atoms. The van der Waals surface area contributed by atoms with E-state index in [4.69, 9.17) is 14.2 Å². The van der Waals surface area contributed by atoms with Crippen molar-refractivity contribution in [1.29, 1.82) is 0 Å². The summed E-state index contributed by atoms with van der Waals surface area (Å²) in [4.78, 5) is 15.2. The first-order chi connectivity index (χ1) is 12.6. The zero-order valence-electron chi connectivity index (χ0n) is 16.8. The average molecular weight is 401 g/mol. The van der Waals surface area contributed by atoms with E-state index in [2.05, 4.69) is 19.2 Å². The summed E-state index contributed by atoms with van der Waals surface area (Å²) in [5, 5.41) is 3.40. The van der Waals surface area contributed by atoms with Crippen LogP contribution in [-0.2, 0) is 4.74 Å². The Hall–Kier alpha value is -1.50. The highest BCUT2D eigenvalue weighted by Crippen LogP contribution is 2.26. The zero-order chi connectivity index (χ0) is 18.9. The van der Waals surface area contributed by atoms with Crippen LogP contribution in [0, 0.1) is 0 Å². The topological polar surface area (TPSA) is 60.0 Å². The lowest BCUT2D eigenvalue weighted by molar-refractivity contribution is 0.0572. The Balaban J connectivity index is 0.00000364. The lowest BCUT2D eigenvalue weighted by atomic mass is 10.0. The van der Waals surface area contributed by atoms with Gasteiger partial charge in [-0.05, 0) is 45.4 Å². The Labute approximate surface area is 168 Å². The number of methoxy groups -OCH3 is 2. The molecule has 1 atom stereocenters. The number of halogens is 1. The maximum atomic E-state index is 13.2. The van der Waals surface area contributed by atoms with E-state index in [0.717, 1.165) is 32.4 Å². The molecule has 1 fully saturated rings. The first-order valence-corrected chi connectivity index (χ1v) is 9.41. The number of nitrogens with zero attached hydrogens (tertiary/aromatic N) is 1. The minimum Gasteiger partial charge on any atom is -0.497 e. The van der Waals surface area contributed by atoms with Crippen LogP contribution in [0.5, 0.6) is 11.5 Å². The standard InChI is InChI=1S/C20H32N2O4.ClH/c1-15(2)22(17-7-5-8-21-14-17)20(23)16-11-18(25-4)13-19(12-16)26-10-6-9-24-3;/h11-13,15,17,21H,5-10,14H2,1-4H3;1H/t17-;/m1./s1. The summed E-state index contributed by atoms with van der Waals surface area (Å²) in [6, 6.07) is 5.75. The fourth-order valence-corrected chi connectivity index (χ4v) is 3.33. The van der Waals surface area contributed by atoms with Crippen molar-refractivity contribution < 1.29 is 19.0 Å². The third-order valence-electron chi connectivity index (χ3n) is 4.58. The van der Waals surface area contributed by atoms with Gasteiger partial charge in [0.2, 0.25) is 0 Å². The molecule has 0 aromatic heterocycles. The normalized spacial score (nSPS) is 16.6. The second-order valence-corrected chi connectivity index (χ2v) is 6.90. The summed E-state index contributed by atoms with van der Waals surface area (Å²) in [6.45, 7) is 7.17. The number of benzene rings is 1. The molecule has 1 aliphatic rings. The summed E-state index contributed by atoms with van der Waals surface area (Å²) < 4.78 is 16.2. The van der Waals surface area contributed by atoms with Crippen LogP contribution < -0.4 is 14.8 Å². The van der Waals surface area contributed by atoms with Gasteiger partial charge in [-0.15, -0.1) is 12.4 Å². The number of hydrogen-bond donors (Lipinski definition) is 1. The van der Waals surface area contributed by atoms with Gasteiger partial charge in [-0.25, -0.2) is 0 Å². The summed E-state index contributed by atoms with van der Waals surface area (Å²) in [7, 11) is 3.27. The monoisotopic (exact) mass is 400 g/mol. The predicted octanol–water partition coefficient (Wildman–Crippen LogP) is 3.13. The van der Waals surface area contributed by atoms with E-state index in [9.17, 15) is 4.79 Å². The van der Waals surface area contributed by atoms with Crippen LogP contribution in [0.15, 0.2) is 18.2 Å². The molecule has 154 valence electrons. The van der Waals surface area contributed by atoms with Gasteiger partial charge in [0.15, 0.2) is 0 Å². The molecule has 2 rings (SSSR count). The van der Waals surface area contributed by atoms with Gasteiger partial charge in [0.25, 0.3) is 5.91 Å². The van der Waals surface area contributed by atoms with E-state index < -0.39 is 0 Å². The molecular formula is C20H33ClN2O4. The van der Waals surface area contributed by atoms with E-state index >= 15 is 0 Å². The maximum Gasteiger partial charge on any atom is 0.254 e. The Morgan fingerprint density at radius 2 is 1.96 bits per heavy atom. The molecule has 1 heterocycles. The molecule has 7 heteroatoms. The molecule has 0 radical (unpaired) electrons. The Morgan fingerprint density at radius 1 is 1.22 bits per heavy atom. The second-order valence-electron chi connectivity index (χ2n) is 6.90. The Morgan fingerprint density at radius 3 is 2.56 bits per heavy atom. The quantitative estimate of drug-likeness (QED) is 0.645. The lowest BCUT2D eigenvalue weighted by Crippen LogP contribution is -2.51. The molecule has 1 saturated heterocycles. The van der Waals surface area contributed by atoms with Crippen molar-refractivity contribution in [2.45, 2.75) is 45.2 Å². The molecule has 1 aromatic carbocycles. The third kappa shape index (κ3) is 6.87. The van der Waals surface area contributed by atoms with Crippen LogP contribution in [0.25, 0.3) is 0 Å². The van der Waals surface area contributed by atoms with E-state index in [1.807, 2.05) is 17.0 Å². The molecule has 0 bridgehead atoms. The lowest BCUT2D eigenvalue weighted by Gasteiger charge is -2.37. The van der Waals surface area contributed by atoms with E-state index in [-0.39, 0.29) is 30.4 Å². The third-order valence-corrected chi connectivity index (χ3v) is 4.58. The van der Waals surface area contributed by atoms with Crippen LogP contribution in [0.3, 0.4) is 0 Å². The molecule has 1 N–H and O–H groups in total. The van der Waals surface area contributed by atoms with Crippen molar-refractivity contribution in [3.8, 4) is 11.5 Å². The SMILES string of the molecule is COCCCOc1cc(OC)cc(C(=O)N(C(C)C)[C@@H]2CCCNC2)c1.Cl. The van der Waals surface area contributed by atoms with Crippen LogP contribution >= 0.6 is 12.4 Å². The Kier molecular flexibility index (Phi) is 10.5. The number of carbonyl (C=O) groups is 1. The fraction of sp³-hybridized carbons (Fsp3) is 0.650. The zero-order valence-corrected chi connectivity index (χ0v) is 17.6. The van der Waals surface area contributed by atoms with Crippen molar-refractivity contribution in [1.82, 2.24) is 10.2 Å². The fourth-order valence-electron chi connectivity index (χ4n) is 3.33. The molecule has 1 amide bonds. The van der Waals surface area contributed by atoms with Gasteiger partial charge in [0, 0.05) is 50.4 Å². The number of rotatable bonds is 9. The molecule has 1 aromatic rings. The van der Waals surface area contributed by atoms with Crippen molar-refractivity contribution >= 4 is 18.3 Å². The van der Waals surface area contributed by atoms with Crippen LogP contribution in [0.2, 0.25) is 0 Å². The van der Waals surface area contributed by atoms with Gasteiger partial charge in [-0.3, -0.25) is 4.79 Å². The number of nitrogens with one attached hydrogen (secondary N) is 1. The molecule has 1 aliphatic heterocycles. The highest BCUT2D eigenvalue weighted by Gasteiger charge is 2.28. The van der Waals surface area contributed by atoms with E-state index in [0.29, 0.717) is 30.3 Å². The van der Waals surface area contributed by atoms with E-state index in [1.165, 1.54) is 0 Å². The van der Waals surface area contributed by atoms with Gasteiger partial charge < -0.3 is 24.4 Å².